The minimum atomic E-state index is -4.38. The van der Waals surface area contributed by atoms with Crippen LogP contribution in [0.4, 0.5) is 0 Å². The Balaban J connectivity index is 4.41. The summed E-state index contributed by atoms with van der Waals surface area (Å²) in [6.45, 7) is 4.35. The smallest absolute Gasteiger partial charge is 0.462 e. The first-order valence-electron chi connectivity index (χ1n) is 21.9. The van der Waals surface area contributed by atoms with Gasteiger partial charge < -0.3 is 18.9 Å². The molecule has 1 unspecified atom stereocenters. The van der Waals surface area contributed by atoms with E-state index in [1.165, 1.54) is 83.5 Å². The quantitative estimate of drug-likeness (QED) is 0.0215. The lowest BCUT2D eigenvalue weighted by Crippen LogP contribution is -2.37. The predicted molar refractivity (Wildman–Crippen MR) is 229 cm³/mol. The number of unbranched alkanes of at least 4 members (excludes halogenated alkanes) is 17. The number of carbonyl (C=O) groups excluding carboxylic acids is 2. The molecule has 320 valence electrons. The van der Waals surface area contributed by atoms with Gasteiger partial charge in [-0.25, -0.2) is 4.57 Å². The maximum atomic E-state index is 12.7. The van der Waals surface area contributed by atoms with Crippen molar-refractivity contribution in [3.8, 4) is 0 Å². The maximum absolute atomic E-state index is 12.7. The second-order valence-corrected chi connectivity index (χ2v) is 17.2. The molecule has 0 aliphatic rings. The first-order valence-corrected chi connectivity index (χ1v) is 23.4. The number of nitrogens with zero attached hydrogens (tertiary/aromatic N) is 1. The highest BCUT2D eigenvalue weighted by atomic mass is 31.2. The molecule has 55 heavy (non-hydrogen) atoms. The number of hydrogen-bond acceptors (Lipinski definition) is 7. The van der Waals surface area contributed by atoms with Crippen molar-refractivity contribution in [2.45, 2.75) is 180 Å². The predicted octanol–water partition coefficient (Wildman–Crippen LogP) is 12.3. The third-order valence-electron chi connectivity index (χ3n) is 9.11. The molecule has 0 saturated carbocycles. The number of carbonyl (C=O) groups is 2. The van der Waals surface area contributed by atoms with Gasteiger partial charge in [-0.15, -0.1) is 0 Å². The Bertz CT molecular complexity index is 1080. The Labute approximate surface area is 337 Å². The Morgan fingerprint density at radius 2 is 0.982 bits per heavy atom. The van der Waals surface area contributed by atoms with Crippen LogP contribution in [0.5, 0.6) is 0 Å². The number of ether oxygens (including phenoxy) is 2. The third kappa shape index (κ3) is 41.4. The number of quaternary nitrogens is 1. The fraction of sp³-hybridized carbons (Fsp3) is 0.778. The molecule has 0 amide bonds. The molecule has 0 spiro atoms. The number of esters is 2. The van der Waals surface area contributed by atoms with Crippen LogP contribution in [0.1, 0.15) is 174 Å². The van der Waals surface area contributed by atoms with Crippen molar-refractivity contribution in [3.05, 3.63) is 48.6 Å². The second-order valence-electron chi connectivity index (χ2n) is 15.7. The van der Waals surface area contributed by atoms with E-state index in [4.69, 9.17) is 18.5 Å². The summed E-state index contributed by atoms with van der Waals surface area (Å²) in [6, 6.07) is 0. The maximum Gasteiger partial charge on any atom is 0.472 e. The lowest BCUT2D eigenvalue weighted by molar-refractivity contribution is -0.870. The normalized spacial score (nSPS) is 14.1. The Morgan fingerprint density at radius 3 is 1.49 bits per heavy atom. The molecule has 1 N–H and O–H groups in total. The summed E-state index contributed by atoms with van der Waals surface area (Å²) in [4.78, 5) is 35.3. The van der Waals surface area contributed by atoms with E-state index in [1.54, 1.807) is 0 Å². The Kier molecular flexibility index (Phi) is 36.2. The van der Waals surface area contributed by atoms with Crippen LogP contribution in [0.2, 0.25) is 0 Å². The summed E-state index contributed by atoms with van der Waals surface area (Å²) in [5, 5.41) is 0. The summed E-state index contributed by atoms with van der Waals surface area (Å²) >= 11 is 0. The molecule has 0 bridgehead atoms. The van der Waals surface area contributed by atoms with Crippen molar-refractivity contribution < 1.29 is 42.1 Å². The first-order chi connectivity index (χ1) is 26.5. The molecule has 0 radical (unpaired) electrons. The summed E-state index contributed by atoms with van der Waals surface area (Å²) < 4.78 is 34.2. The van der Waals surface area contributed by atoms with Gasteiger partial charge in [0, 0.05) is 12.8 Å². The van der Waals surface area contributed by atoms with E-state index in [9.17, 15) is 19.0 Å². The van der Waals surface area contributed by atoms with Gasteiger partial charge in [-0.1, -0.05) is 152 Å². The zero-order valence-corrected chi connectivity index (χ0v) is 36.8. The van der Waals surface area contributed by atoms with E-state index >= 15 is 0 Å². The number of hydrogen-bond donors (Lipinski definition) is 1. The molecule has 0 aromatic carbocycles. The summed E-state index contributed by atoms with van der Waals surface area (Å²) in [5.74, 6) is -0.835. The van der Waals surface area contributed by atoms with Gasteiger partial charge in [0.25, 0.3) is 0 Å². The van der Waals surface area contributed by atoms with Gasteiger partial charge in [0.05, 0.1) is 27.7 Å². The van der Waals surface area contributed by atoms with E-state index in [0.29, 0.717) is 23.9 Å². The number of phosphoric ester groups is 1. The summed E-state index contributed by atoms with van der Waals surface area (Å²) in [5.41, 5.74) is 0. The number of phosphoric acid groups is 1. The van der Waals surface area contributed by atoms with Crippen LogP contribution >= 0.6 is 7.82 Å². The van der Waals surface area contributed by atoms with Crippen LogP contribution in [-0.4, -0.2) is 74.9 Å². The highest BCUT2D eigenvalue weighted by Gasteiger charge is 2.27. The molecule has 0 saturated heterocycles. The lowest BCUT2D eigenvalue weighted by Gasteiger charge is -2.24. The van der Waals surface area contributed by atoms with Crippen LogP contribution in [0.15, 0.2) is 48.6 Å². The SMILES string of the molecule is CCCCC/C=C/C/C=C/C/C=C/C/C=C/CCCCCC(=O)OC[C@@H](COP(=O)(O)OCC[N+](C)(C)C)OC(=O)CCCCCCCCCCCCCC. The van der Waals surface area contributed by atoms with E-state index in [2.05, 4.69) is 62.5 Å². The van der Waals surface area contributed by atoms with Crippen molar-refractivity contribution in [1.29, 1.82) is 0 Å². The topological polar surface area (TPSA) is 108 Å². The number of rotatable bonds is 39. The van der Waals surface area contributed by atoms with Crippen molar-refractivity contribution in [3.63, 3.8) is 0 Å². The summed E-state index contributed by atoms with van der Waals surface area (Å²) in [6.07, 6.45) is 43.0. The van der Waals surface area contributed by atoms with Crippen LogP contribution < -0.4 is 0 Å². The lowest BCUT2D eigenvalue weighted by atomic mass is 10.0. The van der Waals surface area contributed by atoms with Crippen LogP contribution in [-0.2, 0) is 32.7 Å². The molecule has 0 heterocycles. The molecular weight excluding hydrogens is 713 g/mol. The molecule has 0 aliphatic carbocycles. The molecule has 0 aliphatic heterocycles. The number of allylic oxidation sites excluding steroid dienone is 8. The van der Waals surface area contributed by atoms with Gasteiger partial charge in [-0.05, 0) is 57.8 Å². The average Bonchev–Trinajstić information content (AvgIpc) is 3.13. The van der Waals surface area contributed by atoms with Gasteiger partial charge >= 0.3 is 19.8 Å². The molecule has 0 rings (SSSR count). The minimum Gasteiger partial charge on any atom is -0.462 e. The first kappa shape index (κ1) is 53.0. The van der Waals surface area contributed by atoms with Gasteiger partial charge in [-0.2, -0.15) is 0 Å². The average molecular weight is 797 g/mol. The van der Waals surface area contributed by atoms with Crippen molar-refractivity contribution in [2.75, 3.05) is 47.5 Å². The highest BCUT2D eigenvalue weighted by molar-refractivity contribution is 7.47. The van der Waals surface area contributed by atoms with E-state index in [-0.39, 0.29) is 26.1 Å². The molecule has 2 atom stereocenters. The van der Waals surface area contributed by atoms with Crippen LogP contribution in [0, 0.1) is 0 Å². The van der Waals surface area contributed by atoms with Crippen molar-refractivity contribution in [1.82, 2.24) is 0 Å². The fourth-order valence-corrected chi connectivity index (χ4v) is 6.38. The van der Waals surface area contributed by atoms with Crippen LogP contribution in [0.3, 0.4) is 0 Å². The van der Waals surface area contributed by atoms with Crippen molar-refractivity contribution in [2.24, 2.45) is 0 Å². The van der Waals surface area contributed by atoms with Gasteiger partial charge in [0.2, 0.25) is 0 Å². The Hall–Kier alpha value is -2.03. The highest BCUT2D eigenvalue weighted by Crippen LogP contribution is 2.43. The molecule has 9 nitrogen and oxygen atoms in total. The fourth-order valence-electron chi connectivity index (χ4n) is 5.64. The van der Waals surface area contributed by atoms with Gasteiger partial charge in [-0.3, -0.25) is 18.6 Å². The van der Waals surface area contributed by atoms with Crippen LogP contribution in [0.25, 0.3) is 0 Å². The van der Waals surface area contributed by atoms with Gasteiger partial charge in [0.1, 0.15) is 19.8 Å². The monoisotopic (exact) mass is 797 g/mol. The molecule has 0 aromatic rings. The molecule has 0 aromatic heterocycles. The molecule has 10 heteroatoms. The molecular formula is C45H83NO8P+. The summed E-state index contributed by atoms with van der Waals surface area (Å²) in [7, 11) is 1.46. The van der Waals surface area contributed by atoms with E-state index < -0.39 is 32.5 Å². The van der Waals surface area contributed by atoms with E-state index in [1.807, 2.05) is 21.1 Å². The largest absolute Gasteiger partial charge is 0.472 e. The minimum absolute atomic E-state index is 0.0259. The van der Waals surface area contributed by atoms with Gasteiger partial charge in [0.15, 0.2) is 6.10 Å². The van der Waals surface area contributed by atoms with E-state index in [0.717, 1.165) is 51.4 Å². The Morgan fingerprint density at radius 1 is 0.564 bits per heavy atom. The van der Waals surface area contributed by atoms with Crippen molar-refractivity contribution >= 4 is 19.8 Å². The zero-order chi connectivity index (χ0) is 40.7. The zero-order valence-electron chi connectivity index (χ0n) is 35.9. The third-order valence-corrected chi connectivity index (χ3v) is 10.1. The molecule has 0 fully saturated rings. The number of likely N-dealkylation sites (N-methyl/N-ethyl adjacent to an activating group) is 1. The second kappa shape index (κ2) is 37.5. The standard InChI is InChI=1S/C45H82NO8P/c1-6-8-10-12-14-16-18-20-21-22-23-24-25-26-28-29-31-33-35-37-44(47)51-41-43(42-53-55(49,50)52-40-39-46(3,4)5)54-45(48)38-36-34-32-30-27-19-17-15-13-11-9-7-2/h14,16,20-21,23-24,26,28,43H,6-13,15,17-19,22,25,27,29-42H2,1-5H3/p+1/b16-14+,21-20+,24-23+,28-26+/t43-/m0/s1.